The highest BCUT2D eigenvalue weighted by molar-refractivity contribution is 5.49. The van der Waals surface area contributed by atoms with E-state index >= 15 is 0 Å². The van der Waals surface area contributed by atoms with E-state index in [9.17, 15) is 0 Å². The van der Waals surface area contributed by atoms with E-state index < -0.39 is 0 Å². The van der Waals surface area contributed by atoms with E-state index in [1.165, 1.54) is 16.7 Å². The van der Waals surface area contributed by atoms with E-state index in [-0.39, 0.29) is 6.04 Å². The summed E-state index contributed by atoms with van der Waals surface area (Å²) in [5.41, 5.74) is 9.83. The van der Waals surface area contributed by atoms with E-state index in [1.54, 1.807) is 0 Å². The van der Waals surface area contributed by atoms with Gasteiger partial charge in [-0.1, -0.05) is 26.0 Å². The van der Waals surface area contributed by atoms with Crippen molar-refractivity contribution in [2.75, 3.05) is 6.61 Å². The fourth-order valence-corrected chi connectivity index (χ4v) is 2.13. The zero-order valence-corrected chi connectivity index (χ0v) is 9.71. The van der Waals surface area contributed by atoms with E-state index in [0.29, 0.717) is 12.5 Å². The van der Waals surface area contributed by atoms with Crippen LogP contribution in [0.1, 0.15) is 36.5 Å². The molecule has 0 saturated carbocycles. The second kappa shape index (κ2) is 3.86. The van der Waals surface area contributed by atoms with Crippen LogP contribution in [0, 0.1) is 6.92 Å². The average Bonchev–Trinajstić information content (AvgIpc) is 2.19. The second-order valence-corrected chi connectivity index (χ2v) is 4.71. The molecular weight excluding hydrogens is 186 g/mol. The van der Waals surface area contributed by atoms with Gasteiger partial charge in [0.15, 0.2) is 0 Å². The lowest BCUT2D eigenvalue weighted by molar-refractivity contribution is 0.259. The molecule has 1 atom stereocenters. The lowest BCUT2D eigenvalue weighted by Crippen LogP contribution is -2.34. The van der Waals surface area contributed by atoms with Crippen molar-refractivity contribution in [2.24, 2.45) is 5.73 Å². The van der Waals surface area contributed by atoms with Gasteiger partial charge in [0.1, 0.15) is 12.4 Å². The summed E-state index contributed by atoms with van der Waals surface area (Å²) < 4.78 is 5.78. The zero-order chi connectivity index (χ0) is 11.0. The van der Waals surface area contributed by atoms with Gasteiger partial charge in [0.05, 0.1) is 0 Å². The smallest absolute Gasteiger partial charge is 0.126 e. The summed E-state index contributed by atoms with van der Waals surface area (Å²) in [6.07, 6.45) is 0.946. The third-order valence-electron chi connectivity index (χ3n) is 3.06. The van der Waals surface area contributed by atoms with Crippen LogP contribution in [-0.4, -0.2) is 12.6 Å². The molecule has 1 heterocycles. The Balaban J connectivity index is 2.50. The van der Waals surface area contributed by atoms with Crippen molar-refractivity contribution in [3.05, 3.63) is 28.8 Å². The van der Waals surface area contributed by atoms with Crippen LogP contribution in [0.2, 0.25) is 0 Å². The minimum absolute atomic E-state index is 0.151. The van der Waals surface area contributed by atoms with Crippen LogP contribution < -0.4 is 10.5 Å². The van der Waals surface area contributed by atoms with Gasteiger partial charge in [0.25, 0.3) is 0 Å². The van der Waals surface area contributed by atoms with Crippen molar-refractivity contribution in [2.45, 2.75) is 39.2 Å². The SMILES string of the molecule is Cc1ccc(C(C)C)c2c1CC(N)CO2. The summed E-state index contributed by atoms with van der Waals surface area (Å²) in [6, 6.07) is 4.50. The van der Waals surface area contributed by atoms with Gasteiger partial charge in [-0.2, -0.15) is 0 Å². The van der Waals surface area contributed by atoms with Gasteiger partial charge in [0.2, 0.25) is 0 Å². The largest absolute Gasteiger partial charge is 0.491 e. The fraction of sp³-hybridized carbons (Fsp3) is 0.538. The third kappa shape index (κ3) is 1.86. The van der Waals surface area contributed by atoms with Crippen LogP contribution in [0.15, 0.2) is 12.1 Å². The first-order chi connectivity index (χ1) is 7.09. The highest BCUT2D eigenvalue weighted by Gasteiger charge is 2.22. The fourth-order valence-electron chi connectivity index (χ4n) is 2.13. The van der Waals surface area contributed by atoms with E-state index in [2.05, 4.69) is 32.9 Å². The quantitative estimate of drug-likeness (QED) is 0.764. The summed E-state index contributed by atoms with van der Waals surface area (Å²) in [7, 11) is 0. The molecule has 82 valence electrons. The number of nitrogens with two attached hydrogens (primary N) is 1. The molecule has 0 aliphatic carbocycles. The molecule has 2 rings (SSSR count). The Bertz CT molecular complexity index is 371. The summed E-state index contributed by atoms with van der Waals surface area (Å²) in [6.45, 7) is 7.17. The van der Waals surface area contributed by atoms with Crippen LogP contribution >= 0.6 is 0 Å². The van der Waals surface area contributed by atoms with Gasteiger partial charge >= 0.3 is 0 Å². The first-order valence-corrected chi connectivity index (χ1v) is 5.60. The lowest BCUT2D eigenvalue weighted by atomic mass is 9.91. The predicted molar refractivity (Wildman–Crippen MR) is 62.4 cm³/mol. The monoisotopic (exact) mass is 205 g/mol. The maximum absolute atomic E-state index is 5.92. The minimum Gasteiger partial charge on any atom is -0.491 e. The van der Waals surface area contributed by atoms with Crippen molar-refractivity contribution in [1.29, 1.82) is 0 Å². The molecule has 0 radical (unpaired) electrons. The van der Waals surface area contributed by atoms with Crippen molar-refractivity contribution in [3.63, 3.8) is 0 Å². The van der Waals surface area contributed by atoms with Gasteiger partial charge in [0, 0.05) is 6.04 Å². The van der Waals surface area contributed by atoms with Crippen LogP contribution in [0.5, 0.6) is 5.75 Å². The van der Waals surface area contributed by atoms with E-state index in [4.69, 9.17) is 10.5 Å². The van der Waals surface area contributed by atoms with Gasteiger partial charge in [-0.25, -0.2) is 0 Å². The third-order valence-corrected chi connectivity index (χ3v) is 3.06. The van der Waals surface area contributed by atoms with Gasteiger partial charge in [-0.15, -0.1) is 0 Å². The molecule has 1 aromatic carbocycles. The molecule has 0 saturated heterocycles. The van der Waals surface area contributed by atoms with Gasteiger partial charge in [-0.05, 0) is 36.0 Å². The average molecular weight is 205 g/mol. The topological polar surface area (TPSA) is 35.2 Å². The van der Waals surface area contributed by atoms with Crippen LogP contribution in [0.25, 0.3) is 0 Å². The standard InChI is InChI=1S/C13H19NO/c1-8(2)11-5-4-9(3)12-6-10(14)7-15-13(11)12/h4-5,8,10H,6-7,14H2,1-3H3. The lowest BCUT2D eigenvalue weighted by Gasteiger charge is -2.27. The molecule has 0 amide bonds. The zero-order valence-electron chi connectivity index (χ0n) is 9.71. The molecule has 0 fully saturated rings. The number of aryl methyl sites for hydroxylation is 1. The molecule has 0 aromatic heterocycles. The summed E-state index contributed by atoms with van der Waals surface area (Å²) in [4.78, 5) is 0. The first kappa shape index (κ1) is 10.5. The maximum atomic E-state index is 5.92. The number of hydrogen-bond acceptors (Lipinski definition) is 2. The number of rotatable bonds is 1. The molecule has 2 nitrogen and oxygen atoms in total. The van der Waals surface area contributed by atoms with Crippen LogP contribution in [0.4, 0.5) is 0 Å². The molecule has 1 aromatic rings. The van der Waals surface area contributed by atoms with Crippen LogP contribution in [0.3, 0.4) is 0 Å². The molecule has 0 spiro atoms. The molecule has 0 bridgehead atoms. The molecule has 2 heteroatoms. The molecule has 1 aliphatic rings. The first-order valence-electron chi connectivity index (χ1n) is 5.60. The second-order valence-electron chi connectivity index (χ2n) is 4.71. The number of hydrogen-bond donors (Lipinski definition) is 1. The molecule has 15 heavy (non-hydrogen) atoms. The molecular formula is C13H19NO. The Morgan fingerprint density at radius 2 is 2.13 bits per heavy atom. The Morgan fingerprint density at radius 1 is 1.40 bits per heavy atom. The Morgan fingerprint density at radius 3 is 2.80 bits per heavy atom. The van der Waals surface area contributed by atoms with Crippen LogP contribution in [-0.2, 0) is 6.42 Å². The molecule has 1 unspecified atom stereocenters. The Hall–Kier alpha value is -1.02. The van der Waals surface area contributed by atoms with Gasteiger partial charge < -0.3 is 10.5 Å². The minimum atomic E-state index is 0.151. The van der Waals surface area contributed by atoms with E-state index in [1.807, 2.05) is 0 Å². The number of fused-ring (bicyclic) bond motifs is 1. The summed E-state index contributed by atoms with van der Waals surface area (Å²) in [5.74, 6) is 1.60. The Kier molecular flexibility index (Phi) is 2.70. The summed E-state index contributed by atoms with van der Waals surface area (Å²) >= 11 is 0. The highest BCUT2D eigenvalue weighted by atomic mass is 16.5. The maximum Gasteiger partial charge on any atom is 0.126 e. The van der Waals surface area contributed by atoms with Crippen molar-refractivity contribution in [1.82, 2.24) is 0 Å². The highest BCUT2D eigenvalue weighted by Crippen LogP contribution is 2.35. The van der Waals surface area contributed by atoms with E-state index in [0.717, 1.165) is 12.2 Å². The van der Waals surface area contributed by atoms with Crippen molar-refractivity contribution >= 4 is 0 Å². The molecule has 2 N–H and O–H groups in total. The normalized spacial score (nSPS) is 19.9. The van der Waals surface area contributed by atoms with Crippen molar-refractivity contribution in [3.8, 4) is 5.75 Å². The van der Waals surface area contributed by atoms with Gasteiger partial charge in [-0.3, -0.25) is 0 Å². The Labute approximate surface area is 91.4 Å². The number of benzene rings is 1. The number of ether oxygens (including phenoxy) is 1. The van der Waals surface area contributed by atoms with Crippen molar-refractivity contribution < 1.29 is 4.74 Å². The summed E-state index contributed by atoms with van der Waals surface area (Å²) in [5, 5.41) is 0. The predicted octanol–water partition coefficient (Wildman–Crippen LogP) is 2.38. The molecule has 1 aliphatic heterocycles.